The van der Waals surface area contributed by atoms with Gasteiger partial charge in [0.2, 0.25) is 0 Å². The number of benzene rings is 1. The van der Waals surface area contributed by atoms with Crippen molar-refractivity contribution >= 4 is 21.7 Å². The quantitative estimate of drug-likeness (QED) is 0.857. The van der Waals surface area contributed by atoms with E-state index in [0.717, 1.165) is 6.42 Å². The molecule has 92 valence electrons. The second-order valence-corrected chi connectivity index (χ2v) is 5.12. The fraction of sp³-hybridized carbons (Fsp3) is 0.462. The van der Waals surface area contributed by atoms with Gasteiger partial charge in [-0.2, -0.15) is 0 Å². The van der Waals surface area contributed by atoms with Crippen LogP contribution < -0.4 is 0 Å². The maximum atomic E-state index is 13.3. The molecular formula is C13H14BrFO2. The number of ether oxygens (including phenoxy) is 1. The molecule has 2 rings (SSSR count). The number of hydrogen-bond acceptors (Lipinski definition) is 2. The van der Waals surface area contributed by atoms with Gasteiger partial charge < -0.3 is 4.74 Å². The molecule has 0 radical (unpaired) electrons. The van der Waals surface area contributed by atoms with Gasteiger partial charge in [0.1, 0.15) is 11.6 Å². The summed E-state index contributed by atoms with van der Waals surface area (Å²) in [6, 6.07) is 4.77. The zero-order valence-corrected chi connectivity index (χ0v) is 11.2. The molecule has 1 aromatic carbocycles. The lowest BCUT2D eigenvalue weighted by Gasteiger charge is -2.13. The van der Waals surface area contributed by atoms with Crippen LogP contribution in [-0.2, 0) is 16.0 Å². The maximum Gasteiger partial charge on any atom is 0.143 e. The summed E-state index contributed by atoms with van der Waals surface area (Å²) in [7, 11) is 0. The van der Waals surface area contributed by atoms with Crippen LogP contribution in [-0.4, -0.2) is 18.5 Å². The predicted molar refractivity (Wildman–Crippen MR) is 66.3 cm³/mol. The Labute approximate surface area is 108 Å². The highest BCUT2D eigenvalue weighted by Crippen LogP contribution is 2.26. The lowest BCUT2D eigenvalue weighted by atomic mass is 9.93. The Kier molecular flexibility index (Phi) is 3.94. The molecule has 0 bridgehead atoms. The van der Waals surface area contributed by atoms with E-state index < -0.39 is 0 Å². The first-order valence-electron chi connectivity index (χ1n) is 5.67. The minimum absolute atomic E-state index is 0.0187. The van der Waals surface area contributed by atoms with Crippen molar-refractivity contribution in [1.82, 2.24) is 0 Å². The summed E-state index contributed by atoms with van der Waals surface area (Å²) in [6.45, 7) is 2.55. The summed E-state index contributed by atoms with van der Waals surface area (Å²) in [5.74, 6) is -0.252. The molecule has 1 fully saturated rings. The van der Waals surface area contributed by atoms with Crippen molar-refractivity contribution in [1.29, 1.82) is 0 Å². The fourth-order valence-corrected chi connectivity index (χ4v) is 2.56. The van der Waals surface area contributed by atoms with Gasteiger partial charge in [-0.3, -0.25) is 4.79 Å². The van der Waals surface area contributed by atoms with E-state index in [-0.39, 0.29) is 30.0 Å². The Bertz CT molecular complexity index is 433. The molecule has 4 heteroatoms. The highest BCUT2D eigenvalue weighted by atomic mass is 79.9. The number of carbonyl (C=O) groups excluding carboxylic acids is 1. The first-order valence-corrected chi connectivity index (χ1v) is 6.46. The molecule has 1 aliphatic heterocycles. The third-order valence-electron chi connectivity index (χ3n) is 3.19. The van der Waals surface area contributed by atoms with Crippen LogP contribution in [0.25, 0.3) is 0 Å². The Morgan fingerprint density at radius 1 is 1.59 bits per heavy atom. The minimum atomic E-state index is -0.328. The van der Waals surface area contributed by atoms with E-state index in [1.54, 1.807) is 12.1 Å². The van der Waals surface area contributed by atoms with Crippen molar-refractivity contribution < 1.29 is 13.9 Å². The van der Waals surface area contributed by atoms with Gasteiger partial charge in [0.05, 0.1) is 10.6 Å². The van der Waals surface area contributed by atoms with E-state index in [4.69, 9.17) is 4.74 Å². The van der Waals surface area contributed by atoms with E-state index in [9.17, 15) is 9.18 Å². The Morgan fingerprint density at radius 2 is 2.35 bits per heavy atom. The molecule has 2 unspecified atom stereocenters. The molecule has 1 aromatic rings. The summed E-state index contributed by atoms with van der Waals surface area (Å²) in [5, 5.41) is 0. The molecule has 0 spiro atoms. The van der Waals surface area contributed by atoms with E-state index in [2.05, 4.69) is 15.9 Å². The van der Waals surface area contributed by atoms with Crippen molar-refractivity contribution in [2.75, 3.05) is 6.61 Å². The van der Waals surface area contributed by atoms with Gasteiger partial charge >= 0.3 is 0 Å². The van der Waals surface area contributed by atoms with E-state index in [1.807, 2.05) is 6.92 Å². The third kappa shape index (κ3) is 2.75. The monoisotopic (exact) mass is 300 g/mol. The Hall–Kier alpha value is -0.740. The van der Waals surface area contributed by atoms with Crippen LogP contribution in [0.1, 0.15) is 18.9 Å². The van der Waals surface area contributed by atoms with Gasteiger partial charge in [0, 0.05) is 18.9 Å². The van der Waals surface area contributed by atoms with Crippen LogP contribution in [0.3, 0.4) is 0 Å². The predicted octanol–water partition coefficient (Wildman–Crippen LogP) is 3.12. The molecule has 2 nitrogen and oxygen atoms in total. The fourth-order valence-electron chi connectivity index (χ4n) is 2.16. The summed E-state index contributed by atoms with van der Waals surface area (Å²) in [5.41, 5.74) is 0.703. The second kappa shape index (κ2) is 5.27. The highest BCUT2D eigenvalue weighted by Gasteiger charge is 2.30. The SMILES string of the molecule is CC1OCCC1C(=O)Cc1cccc(F)c1Br. The molecule has 1 saturated heterocycles. The molecule has 0 amide bonds. The van der Waals surface area contributed by atoms with Gasteiger partial charge in [-0.1, -0.05) is 12.1 Å². The average Bonchev–Trinajstić information content (AvgIpc) is 2.71. The van der Waals surface area contributed by atoms with Crippen molar-refractivity contribution in [3.05, 3.63) is 34.1 Å². The van der Waals surface area contributed by atoms with Crippen molar-refractivity contribution in [2.45, 2.75) is 25.9 Å². The molecule has 0 saturated carbocycles. The number of Topliss-reactive ketones (excluding diaryl/α,β-unsaturated/α-hetero) is 1. The average molecular weight is 301 g/mol. The smallest absolute Gasteiger partial charge is 0.143 e. The first-order chi connectivity index (χ1) is 8.09. The molecule has 0 aromatic heterocycles. The number of halogens is 2. The minimum Gasteiger partial charge on any atom is -0.378 e. The van der Waals surface area contributed by atoms with Gasteiger partial charge in [-0.25, -0.2) is 4.39 Å². The molecule has 0 aliphatic carbocycles. The number of hydrogen-bond donors (Lipinski definition) is 0. The lowest BCUT2D eigenvalue weighted by molar-refractivity contribution is -0.123. The standard InChI is InChI=1S/C13H14BrFO2/c1-8-10(5-6-17-8)12(16)7-9-3-2-4-11(15)13(9)14/h2-4,8,10H,5-7H2,1H3. The van der Waals surface area contributed by atoms with E-state index in [0.29, 0.717) is 16.6 Å². The maximum absolute atomic E-state index is 13.3. The molecule has 0 N–H and O–H groups in total. The number of ketones is 1. The van der Waals surface area contributed by atoms with Crippen LogP contribution >= 0.6 is 15.9 Å². The first kappa shape index (κ1) is 12.7. The molecule has 1 heterocycles. The topological polar surface area (TPSA) is 26.3 Å². The van der Waals surface area contributed by atoms with Crippen molar-refractivity contribution in [3.8, 4) is 0 Å². The second-order valence-electron chi connectivity index (χ2n) is 4.33. The Morgan fingerprint density at radius 3 is 3.00 bits per heavy atom. The summed E-state index contributed by atoms with van der Waals surface area (Å²) in [4.78, 5) is 12.1. The van der Waals surface area contributed by atoms with Crippen LogP contribution in [0.15, 0.2) is 22.7 Å². The van der Waals surface area contributed by atoms with E-state index in [1.165, 1.54) is 6.07 Å². The van der Waals surface area contributed by atoms with Gasteiger partial charge in [0.15, 0.2) is 0 Å². The van der Waals surface area contributed by atoms with Crippen LogP contribution in [0.5, 0.6) is 0 Å². The molecule has 17 heavy (non-hydrogen) atoms. The lowest BCUT2D eigenvalue weighted by Crippen LogP contribution is -2.23. The zero-order valence-electron chi connectivity index (χ0n) is 9.58. The molecule has 1 aliphatic rings. The van der Waals surface area contributed by atoms with Crippen LogP contribution in [0.2, 0.25) is 0 Å². The molecular weight excluding hydrogens is 287 g/mol. The third-order valence-corrected chi connectivity index (χ3v) is 4.07. The van der Waals surface area contributed by atoms with Crippen molar-refractivity contribution in [2.24, 2.45) is 5.92 Å². The van der Waals surface area contributed by atoms with Gasteiger partial charge in [-0.15, -0.1) is 0 Å². The summed E-state index contributed by atoms with van der Waals surface area (Å²) >= 11 is 3.17. The van der Waals surface area contributed by atoms with Crippen molar-refractivity contribution in [3.63, 3.8) is 0 Å². The van der Waals surface area contributed by atoms with Gasteiger partial charge in [0.25, 0.3) is 0 Å². The zero-order chi connectivity index (χ0) is 12.4. The van der Waals surface area contributed by atoms with Crippen LogP contribution in [0, 0.1) is 11.7 Å². The highest BCUT2D eigenvalue weighted by molar-refractivity contribution is 9.10. The number of carbonyl (C=O) groups is 1. The normalized spacial score (nSPS) is 23.9. The molecule has 2 atom stereocenters. The Balaban J connectivity index is 2.10. The van der Waals surface area contributed by atoms with E-state index >= 15 is 0 Å². The largest absolute Gasteiger partial charge is 0.378 e. The number of rotatable bonds is 3. The summed E-state index contributed by atoms with van der Waals surface area (Å²) < 4.78 is 19.1. The van der Waals surface area contributed by atoms with Gasteiger partial charge in [-0.05, 0) is 40.9 Å². The summed E-state index contributed by atoms with van der Waals surface area (Å²) in [6.07, 6.45) is 1.01. The van der Waals surface area contributed by atoms with Crippen LogP contribution in [0.4, 0.5) is 4.39 Å².